The first-order chi connectivity index (χ1) is 11.5. The van der Waals surface area contributed by atoms with Crippen molar-refractivity contribution in [1.29, 1.82) is 0 Å². The fourth-order valence-electron chi connectivity index (χ4n) is 1.76. The molecule has 1 aromatic heterocycles. The molecule has 0 bridgehead atoms. The standard InChI is InChI=1S/C15H8Cl3N3OS2/c16-8-1-4-10(5-2-8)23-15-13(20-21-24-15)14(22)19-9-3-6-11(17)12(18)7-9/h1-7H,(H,19,22). The lowest BCUT2D eigenvalue weighted by molar-refractivity contribution is 0.101. The molecule has 3 rings (SSSR count). The van der Waals surface area contributed by atoms with E-state index in [2.05, 4.69) is 14.9 Å². The average molecular weight is 417 g/mol. The summed E-state index contributed by atoms with van der Waals surface area (Å²) in [5.41, 5.74) is 0.788. The molecule has 0 fully saturated rings. The number of carbonyl (C=O) groups excluding carboxylic acids is 1. The van der Waals surface area contributed by atoms with Gasteiger partial charge in [0.05, 0.1) is 10.0 Å². The number of benzene rings is 2. The van der Waals surface area contributed by atoms with Gasteiger partial charge in [0.1, 0.15) is 4.21 Å². The zero-order chi connectivity index (χ0) is 17.1. The molecule has 1 heterocycles. The van der Waals surface area contributed by atoms with Crippen LogP contribution in [0, 0.1) is 0 Å². The van der Waals surface area contributed by atoms with E-state index in [1.807, 2.05) is 12.1 Å². The van der Waals surface area contributed by atoms with Crippen LogP contribution < -0.4 is 5.32 Å². The van der Waals surface area contributed by atoms with Gasteiger partial charge in [-0.15, -0.1) is 5.10 Å². The zero-order valence-electron chi connectivity index (χ0n) is 11.8. The van der Waals surface area contributed by atoms with E-state index in [1.165, 1.54) is 11.8 Å². The lowest BCUT2D eigenvalue weighted by Crippen LogP contribution is -2.13. The van der Waals surface area contributed by atoms with Crippen molar-refractivity contribution in [3.63, 3.8) is 0 Å². The van der Waals surface area contributed by atoms with Crippen molar-refractivity contribution < 1.29 is 4.79 Å². The van der Waals surface area contributed by atoms with E-state index in [0.717, 1.165) is 16.4 Å². The van der Waals surface area contributed by atoms with Crippen LogP contribution in [0.2, 0.25) is 15.1 Å². The van der Waals surface area contributed by atoms with E-state index < -0.39 is 0 Å². The Hall–Kier alpha value is -1.31. The van der Waals surface area contributed by atoms with Crippen molar-refractivity contribution in [2.45, 2.75) is 9.10 Å². The van der Waals surface area contributed by atoms with Crippen molar-refractivity contribution in [1.82, 2.24) is 9.59 Å². The molecule has 122 valence electrons. The highest BCUT2D eigenvalue weighted by Gasteiger charge is 2.18. The van der Waals surface area contributed by atoms with Gasteiger partial charge in [-0.25, -0.2) is 0 Å². The monoisotopic (exact) mass is 415 g/mol. The average Bonchev–Trinajstić information content (AvgIpc) is 3.01. The molecule has 0 aliphatic rings. The number of carbonyl (C=O) groups is 1. The molecule has 0 atom stereocenters. The highest BCUT2D eigenvalue weighted by atomic mass is 35.5. The smallest absolute Gasteiger partial charge is 0.278 e. The lowest BCUT2D eigenvalue weighted by Gasteiger charge is -2.06. The minimum Gasteiger partial charge on any atom is -0.320 e. The van der Waals surface area contributed by atoms with Gasteiger partial charge in [0.25, 0.3) is 5.91 Å². The van der Waals surface area contributed by atoms with Crippen molar-refractivity contribution >= 4 is 69.7 Å². The van der Waals surface area contributed by atoms with Gasteiger partial charge in [0.2, 0.25) is 0 Å². The fraction of sp³-hybridized carbons (Fsp3) is 0. The van der Waals surface area contributed by atoms with Crippen LogP contribution >= 0.6 is 58.1 Å². The molecule has 0 radical (unpaired) electrons. The first-order valence-corrected chi connectivity index (χ1v) is 9.27. The molecule has 24 heavy (non-hydrogen) atoms. The molecule has 0 aliphatic carbocycles. The Morgan fingerprint density at radius 1 is 1.04 bits per heavy atom. The third-order valence-corrected chi connectivity index (χ3v) is 5.75. The summed E-state index contributed by atoms with van der Waals surface area (Å²) in [6.07, 6.45) is 0. The quantitative estimate of drug-likeness (QED) is 0.575. The molecule has 9 heteroatoms. The predicted octanol–water partition coefficient (Wildman–Crippen LogP) is 5.90. The molecule has 4 nitrogen and oxygen atoms in total. The summed E-state index contributed by atoms with van der Waals surface area (Å²) in [6.45, 7) is 0. The summed E-state index contributed by atoms with van der Waals surface area (Å²) in [5, 5.41) is 8.09. The Kier molecular flexibility index (Phi) is 5.63. The summed E-state index contributed by atoms with van der Waals surface area (Å²) in [4.78, 5) is 13.4. The van der Waals surface area contributed by atoms with E-state index in [0.29, 0.717) is 25.0 Å². The molecule has 0 saturated heterocycles. The number of aromatic nitrogens is 2. The van der Waals surface area contributed by atoms with Gasteiger partial charge in [-0.05, 0) is 54.0 Å². The van der Waals surface area contributed by atoms with E-state index in [1.54, 1.807) is 30.3 Å². The van der Waals surface area contributed by atoms with Gasteiger partial charge in [0, 0.05) is 15.6 Å². The molecular weight excluding hydrogens is 409 g/mol. The molecular formula is C15H8Cl3N3OS2. The molecule has 0 saturated carbocycles. The van der Waals surface area contributed by atoms with Crippen LogP contribution in [0.25, 0.3) is 0 Å². The van der Waals surface area contributed by atoms with Crippen molar-refractivity contribution in [3.8, 4) is 0 Å². The number of amides is 1. The second-order valence-corrected chi connectivity index (χ2v) is 7.90. The van der Waals surface area contributed by atoms with Crippen LogP contribution in [0.5, 0.6) is 0 Å². The van der Waals surface area contributed by atoms with Gasteiger partial charge in [-0.1, -0.05) is 51.1 Å². The topological polar surface area (TPSA) is 54.9 Å². The molecule has 0 aliphatic heterocycles. The van der Waals surface area contributed by atoms with Crippen molar-refractivity contribution in [2.75, 3.05) is 5.32 Å². The second kappa shape index (κ2) is 7.72. The third kappa shape index (κ3) is 4.20. The number of halogens is 3. The molecule has 2 aromatic carbocycles. The number of anilines is 1. The Bertz CT molecular complexity index is 884. The summed E-state index contributed by atoms with van der Waals surface area (Å²) < 4.78 is 4.56. The van der Waals surface area contributed by atoms with Crippen LogP contribution in [0.4, 0.5) is 5.69 Å². The normalized spacial score (nSPS) is 10.6. The summed E-state index contributed by atoms with van der Waals surface area (Å²) in [6, 6.07) is 12.2. The van der Waals surface area contributed by atoms with Gasteiger partial charge in [0.15, 0.2) is 5.69 Å². The first kappa shape index (κ1) is 17.5. The predicted molar refractivity (Wildman–Crippen MR) is 99.9 cm³/mol. The van der Waals surface area contributed by atoms with E-state index >= 15 is 0 Å². The molecule has 1 N–H and O–H groups in total. The van der Waals surface area contributed by atoms with E-state index in [-0.39, 0.29) is 11.6 Å². The van der Waals surface area contributed by atoms with Gasteiger partial charge in [-0.2, -0.15) is 0 Å². The van der Waals surface area contributed by atoms with Crippen molar-refractivity contribution in [3.05, 3.63) is 63.2 Å². The summed E-state index contributed by atoms with van der Waals surface area (Å²) in [7, 11) is 0. The van der Waals surface area contributed by atoms with E-state index in [4.69, 9.17) is 34.8 Å². The third-order valence-electron chi connectivity index (χ3n) is 2.87. The number of hydrogen-bond acceptors (Lipinski definition) is 5. The van der Waals surface area contributed by atoms with Crippen LogP contribution in [0.15, 0.2) is 51.6 Å². The largest absolute Gasteiger partial charge is 0.320 e. The number of nitrogens with zero attached hydrogens (tertiary/aromatic N) is 2. The first-order valence-electron chi connectivity index (χ1n) is 6.55. The van der Waals surface area contributed by atoms with E-state index in [9.17, 15) is 4.79 Å². The second-order valence-electron chi connectivity index (χ2n) is 4.55. The highest BCUT2D eigenvalue weighted by Crippen LogP contribution is 2.33. The minimum absolute atomic E-state index is 0.256. The minimum atomic E-state index is -0.362. The number of hydrogen-bond donors (Lipinski definition) is 1. The zero-order valence-corrected chi connectivity index (χ0v) is 15.7. The number of rotatable bonds is 4. The van der Waals surface area contributed by atoms with Gasteiger partial charge >= 0.3 is 0 Å². The van der Waals surface area contributed by atoms with Crippen LogP contribution in [0.1, 0.15) is 10.5 Å². The Morgan fingerprint density at radius 2 is 1.79 bits per heavy atom. The highest BCUT2D eigenvalue weighted by molar-refractivity contribution is 8.01. The maximum Gasteiger partial charge on any atom is 0.278 e. The Balaban J connectivity index is 1.77. The summed E-state index contributed by atoms with van der Waals surface area (Å²) >= 11 is 20.2. The van der Waals surface area contributed by atoms with Crippen molar-refractivity contribution in [2.24, 2.45) is 0 Å². The Labute approximate surface area is 161 Å². The van der Waals surface area contributed by atoms with Gasteiger partial charge < -0.3 is 5.32 Å². The van der Waals surface area contributed by atoms with Crippen LogP contribution in [-0.2, 0) is 0 Å². The Morgan fingerprint density at radius 3 is 2.50 bits per heavy atom. The fourth-order valence-corrected chi connectivity index (χ4v) is 3.86. The SMILES string of the molecule is O=C(Nc1ccc(Cl)c(Cl)c1)c1nnsc1Sc1ccc(Cl)cc1. The lowest BCUT2D eigenvalue weighted by atomic mass is 10.3. The summed E-state index contributed by atoms with van der Waals surface area (Å²) in [5.74, 6) is -0.362. The molecule has 1 amide bonds. The number of nitrogens with one attached hydrogen (secondary N) is 1. The van der Waals surface area contributed by atoms with Gasteiger partial charge in [-0.3, -0.25) is 4.79 Å². The van der Waals surface area contributed by atoms with Crippen LogP contribution in [0.3, 0.4) is 0 Å². The molecule has 0 unspecified atom stereocenters. The molecule has 0 spiro atoms. The maximum atomic E-state index is 12.4. The van der Waals surface area contributed by atoms with Crippen LogP contribution in [-0.4, -0.2) is 15.5 Å². The maximum absolute atomic E-state index is 12.4. The molecule has 3 aromatic rings.